The molecule has 0 amide bonds. The van der Waals surface area contributed by atoms with Crippen LogP contribution in [0.25, 0.3) is 11.3 Å². The number of methoxy groups -OCH3 is 1. The van der Waals surface area contributed by atoms with Gasteiger partial charge in [-0.2, -0.15) is 5.26 Å². The molecule has 22 heavy (non-hydrogen) atoms. The standard InChI is InChI=1S/C14H9N3O5/c1-22-14(19)10-6-12(16-13(18)11(10)7-15)8-2-4-9(5-3-8)17(20)21/h2-6H,1H3,(H,16,18). The molecule has 0 aliphatic heterocycles. The highest BCUT2D eigenvalue weighted by Gasteiger charge is 2.17. The number of aromatic amines is 1. The quantitative estimate of drug-likeness (QED) is 0.521. The fourth-order valence-electron chi connectivity index (χ4n) is 1.86. The van der Waals surface area contributed by atoms with Crippen LogP contribution in [0.15, 0.2) is 35.1 Å². The van der Waals surface area contributed by atoms with E-state index in [1.807, 2.05) is 0 Å². The van der Waals surface area contributed by atoms with Crippen LogP contribution >= 0.6 is 0 Å². The molecule has 0 radical (unpaired) electrons. The van der Waals surface area contributed by atoms with Gasteiger partial charge >= 0.3 is 5.97 Å². The van der Waals surface area contributed by atoms with E-state index in [0.717, 1.165) is 7.11 Å². The number of ether oxygens (including phenoxy) is 1. The monoisotopic (exact) mass is 299 g/mol. The summed E-state index contributed by atoms with van der Waals surface area (Å²) in [5.41, 5.74) is -0.650. The number of hydrogen-bond donors (Lipinski definition) is 1. The zero-order chi connectivity index (χ0) is 16.3. The number of nitro benzene ring substituents is 1. The molecule has 0 fully saturated rings. The maximum atomic E-state index is 11.9. The molecule has 0 spiro atoms. The van der Waals surface area contributed by atoms with Gasteiger partial charge in [-0.3, -0.25) is 14.9 Å². The number of aromatic nitrogens is 1. The van der Waals surface area contributed by atoms with Crippen molar-refractivity contribution >= 4 is 11.7 Å². The lowest BCUT2D eigenvalue weighted by Crippen LogP contribution is -2.17. The van der Waals surface area contributed by atoms with Crippen molar-refractivity contribution in [2.75, 3.05) is 7.11 Å². The molecule has 0 atom stereocenters. The van der Waals surface area contributed by atoms with Gasteiger partial charge in [0.1, 0.15) is 11.6 Å². The van der Waals surface area contributed by atoms with Crippen molar-refractivity contribution in [3.05, 3.63) is 61.9 Å². The summed E-state index contributed by atoms with van der Waals surface area (Å²) in [6.07, 6.45) is 0. The molecule has 2 aromatic rings. The van der Waals surface area contributed by atoms with Crippen molar-refractivity contribution in [2.45, 2.75) is 0 Å². The number of benzene rings is 1. The van der Waals surface area contributed by atoms with E-state index in [9.17, 15) is 19.7 Å². The first-order valence-electron chi connectivity index (χ1n) is 5.98. The summed E-state index contributed by atoms with van der Waals surface area (Å²) in [5, 5.41) is 19.6. The minimum Gasteiger partial charge on any atom is -0.465 e. The highest BCUT2D eigenvalue weighted by atomic mass is 16.6. The van der Waals surface area contributed by atoms with Gasteiger partial charge in [0.05, 0.1) is 17.6 Å². The first-order chi connectivity index (χ1) is 10.5. The molecule has 0 aliphatic rings. The van der Waals surface area contributed by atoms with E-state index < -0.39 is 16.5 Å². The van der Waals surface area contributed by atoms with E-state index in [1.54, 1.807) is 6.07 Å². The number of nitriles is 1. The molecule has 8 nitrogen and oxygen atoms in total. The van der Waals surface area contributed by atoms with Crippen LogP contribution < -0.4 is 5.56 Å². The number of esters is 1. The van der Waals surface area contributed by atoms with Crippen molar-refractivity contribution in [2.24, 2.45) is 0 Å². The van der Waals surface area contributed by atoms with Gasteiger partial charge in [0, 0.05) is 17.8 Å². The molecule has 0 aliphatic carbocycles. The predicted octanol–water partition coefficient (Wildman–Crippen LogP) is 1.61. The molecule has 0 saturated carbocycles. The van der Waals surface area contributed by atoms with E-state index in [4.69, 9.17) is 5.26 Å². The maximum Gasteiger partial charge on any atom is 0.339 e. The molecule has 0 saturated heterocycles. The summed E-state index contributed by atoms with van der Waals surface area (Å²) < 4.78 is 4.54. The molecular formula is C14H9N3O5. The van der Waals surface area contributed by atoms with E-state index in [0.29, 0.717) is 5.56 Å². The lowest BCUT2D eigenvalue weighted by molar-refractivity contribution is -0.384. The highest BCUT2D eigenvalue weighted by Crippen LogP contribution is 2.21. The fourth-order valence-corrected chi connectivity index (χ4v) is 1.86. The lowest BCUT2D eigenvalue weighted by atomic mass is 10.1. The van der Waals surface area contributed by atoms with Gasteiger partial charge in [-0.1, -0.05) is 0 Å². The van der Waals surface area contributed by atoms with Gasteiger partial charge in [-0.05, 0) is 23.8 Å². The zero-order valence-electron chi connectivity index (χ0n) is 11.3. The van der Waals surface area contributed by atoms with Crippen LogP contribution in [0.2, 0.25) is 0 Å². The van der Waals surface area contributed by atoms with E-state index in [-0.39, 0.29) is 22.5 Å². The molecule has 1 aromatic heterocycles. The molecule has 1 heterocycles. The molecule has 110 valence electrons. The summed E-state index contributed by atoms with van der Waals surface area (Å²) in [5.74, 6) is -0.814. The molecular weight excluding hydrogens is 290 g/mol. The average Bonchev–Trinajstić information content (AvgIpc) is 2.53. The lowest BCUT2D eigenvalue weighted by Gasteiger charge is -2.06. The number of H-pyrrole nitrogens is 1. The Bertz CT molecular complexity index is 846. The molecule has 0 bridgehead atoms. The van der Waals surface area contributed by atoms with Crippen molar-refractivity contribution in [1.29, 1.82) is 5.26 Å². The van der Waals surface area contributed by atoms with Gasteiger partial charge in [-0.25, -0.2) is 4.79 Å². The summed E-state index contributed by atoms with van der Waals surface area (Å²) in [7, 11) is 1.14. The van der Waals surface area contributed by atoms with Gasteiger partial charge in [0.15, 0.2) is 0 Å². The Hall–Kier alpha value is -3.47. The number of pyridine rings is 1. The topological polar surface area (TPSA) is 126 Å². The first kappa shape index (κ1) is 14.9. The average molecular weight is 299 g/mol. The number of non-ortho nitro benzene ring substituents is 1. The normalized spacial score (nSPS) is 9.82. The van der Waals surface area contributed by atoms with Gasteiger partial charge < -0.3 is 9.72 Å². The number of hydrogen-bond acceptors (Lipinski definition) is 6. The minimum absolute atomic E-state index is 0.104. The summed E-state index contributed by atoms with van der Waals surface area (Å²) in [6.45, 7) is 0. The van der Waals surface area contributed by atoms with E-state index in [2.05, 4.69) is 9.72 Å². The van der Waals surface area contributed by atoms with Crippen molar-refractivity contribution < 1.29 is 14.5 Å². The van der Waals surface area contributed by atoms with Crippen molar-refractivity contribution in [3.8, 4) is 17.3 Å². The summed E-state index contributed by atoms with van der Waals surface area (Å²) in [4.78, 5) is 36.0. The van der Waals surface area contributed by atoms with Gasteiger partial charge in [0.2, 0.25) is 0 Å². The molecule has 1 aromatic carbocycles. The first-order valence-corrected chi connectivity index (χ1v) is 5.98. The second kappa shape index (κ2) is 5.88. The number of carbonyl (C=O) groups is 1. The minimum atomic E-state index is -0.814. The number of nitrogens with zero attached hydrogens (tertiary/aromatic N) is 2. The van der Waals surface area contributed by atoms with Gasteiger partial charge in [-0.15, -0.1) is 0 Å². The van der Waals surface area contributed by atoms with Crippen LogP contribution in [-0.4, -0.2) is 23.0 Å². The van der Waals surface area contributed by atoms with E-state index >= 15 is 0 Å². The Morgan fingerprint density at radius 2 is 2.00 bits per heavy atom. The van der Waals surface area contributed by atoms with E-state index in [1.165, 1.54) is 30.3 Å². The van der Waals surface area contributed by atoms with Crippen LogP contribution in [0.1, 0.15) is 15.9 Å². The Kier molecular flexibility index (Phi) is 3.99. The fraction of sp³-hybridized carbons (Fsp3) is 0.0714. The SMILES string of the molecule is COC(=O)c1cc(-c2ccc([N+](=O)[O-])cc2)[nH]c(=O)c1C#N. The van der Waals surface area contributed by atoms with Crippen molar-refractivity contribution in [1.82, 2.24) is 4.98 Å². The van der Waals surface area contributed by atoms with Crippen molar-refractivity contribution in [3.63, 3.8) is 0 Å². The molecule has 0 unspecified atom stereocenters. The number of rotatable bonds is 3. The Balaban J connectivity index is 2.59. The Morgan fingerprint density at radius 3 is 2.50 bits per heavy atom. The summed E-state index contributed by atoms with van der Waals surface area (Å²) in [6, 6.07) is 8.34. The summed E-state index contributed by atoms with van der Waals surface area (Å²) >= 11 is 0. The zero-order valence-corrected chi connectivity index (χ0v) is 11.3. The Labute approximate surface area is 123 Å². The molecule has 2 rings (SSSR count). The van der Waals surface area contributed by atoms with Crippen LogP contribution in [0, 0.1) is 21.4 Å². The van der Waals surface area contributed by atoms with Gasteiger partial charge in [0.25, 0.3) is 11.2 Å². The third-order valence-electron chi connectivity index (χ3n) is 2.94. The maximum absolute atomic E-state index is 11.9. The largest absolute Gasteiger partial charge is 0.465 e. The number of nitrogens with one attached hydrogen (secondary N) is 1. The van der Waals surface area contributed by atoms with Crippen LogP contribution in [0.5, 0.6) is 0 Å². The molecule has 1 N–H and O–H groups in total. The van der Waals surface area contributed by atoms with Crippen LogP contribution in [-0.2, 0) is 4.74 Å². The molecule has 8 heteroatoms. The van der Waals surface area contributed by atoms with Crippen LogP contribution in [0.3, 0.4) is 0 Å². The highest BCUT2D eigenvalue weighted by molar-refractivity contribution is 5.93. The smallest absolute Gasteiger partial charge is 0.339 e. The van der Waals surface area contributed by atoms with Crippen LogP contribution in [0.4, 0.5) is 5.69 Å². The predicted molar refractivity (Wildman–Crippen MR) is 75.2 cm³/mol. The second-order valence-electron chi connectivity index (χ2n) is 4.21. The number of carbonyl (C=O) groups excluding carboxylic acids is 1. The number of nitro groups is 1. The third kappa shape index (κ3) is 2.69. The Morgan fingerprint density at radius 1 is 1.36 bits per heavy atom. The third-order valence-corrected chi connectivity index (χ3v) is 2.94. The second-order valence-corrected chi connectivity index (χ2v) is 4.21.